The monoisotopic (exact) mass is 411 g/mol. The summed E-state index contributed by atoms with van der Waals surface area (Å²) in [5.74, 6) is 0.673. The fourth-order valence-electron chi connectivity index (χ4n) is 5.00. The summed E-state index contributed by atoms with van der Waals surface area (Å²) in [6, 6.07) is 21.9. The molecule has 0 saturated carbocycles. The number of amides is 1. The summed E-state index contributed by atoms with van der Waals surface area (Å²) in [6.07, 6.45) is 2.29. The third-order valence-electron chi connectivity index (χ3n) is 6.28. The van der Waals surface area contributed by atoms with Gasteiger partial charge < -0.3 is 4.74 Å². The topological polar surface area (TPSA) is 46.6 Å². The van der Waals surface area contributed by atoms with Crippen LogP contribution in [0.2, 0.25) is 0 Å². The lowest BCUT2D eigenvalue weighted by Gasteiger charge is -2.39. The second-order valence-electron chi connectivity index (χ2n) is 8.09. The third kappa shape index (κ3) is 3.32. The van der Waals surface area contributed by atoms with Gasteiger partial charge in [-0.2, -0.15) is 0 Å². The maximum Gasteiger partial charge on any atom is 0.232 e. The van der Waals surface area contributed by atoms with Gasteiger partial charge in [-0.1, -0.05) is 54.6 Å². The van der Waals surface area contributed by atoms with Crippen molar-refractivity contribution in [1.82, 2.24) is 0 Å². The van der Waals surface area contributed by atoms with Crippen LogP contribution in [0.15, 0.2) is 78.0 Å². The summed E-state index contributed by atoms with van der Waals surface area (Å²) < 4.78 is 5.85. The smallest absolute Gasteiger partial charge is 0.232 e. The van der Waals surface area contributed by atoms with Gasteiger partial charge in [-0.15, -0.1) is 0 Å². The van der Waals surface area contributed by atoms with Crippen molar-refractivity contribution in [3.8, 4) is 5.75 Å². The predicted octanol–water partition coefficient (Wildman–Crippen LogP) is 5.77. The Morgan fingerprint density at radius 2 is 1.71 bits per heavy atom. The number of nitrogens with zero attached hydrogens (tertiary/aromatic N) is 1. The highest BCUT2D eigenvalue weighted by molar-refractivity contribution is 6.11. The highest BCUT2D eigenvalue weighted by Gasteiger charge is 2.40. The molecule has 4 nitrogen and oxygen atoms in total. The van der Waals surface area contributed by atoms with Crippen LogP contribution in [0.3, 0.4) is 0 Å². The van der Waals surface area contributed by atoms with Gasteiger partial charge in [0.2, 0.25) is 5.91 Å². The van der Waals surface area contributed by atoms with Crippen molar-refractivity contribution in [3.63, 3.8) is 0 Å². The molecule has 1 atom stereocenters. The molecule has 156 valence electrons. The average molecular weight is 412 g/mol. The fourth-order valence-corrected chi connectivity index (χ4v) is 5.00. The van der Waals surface area contributed by atoms with E-state index in [-0.39, 0.29) is 24.0 Å². The normalized spacial score (nSPS) is 19.0. The zero-order chi connectivity index (χ0) is 21.4. The summed E-state index contributed by atoms with van der Waals surface area (Å²) in [7, 11) is 0. The van der Waals surface area contributed by atoms with E-state index >= 15 is 0 Å². The lowest BCUT2D eigenvalue weighted by molar-refractivity contribution is -0.119. The van der Waals surface area contributed by atoms with Gasteiger partial charge in [0.05, 0.1) is 12.3 Å². The van der Waals surface area contributed by atoms with Crippen LogP contribution in [0.1, 0.15) is 44.1 Å². The molecule has 0 N–H and O–H groups in total. The number of para-hydroxylation sites is 1. The van der Waals surface area contributed by atoms with Crippen molar-refractivity contribution in [2.75, 3.05) is 11.5 Å². The number of rotatable bonds is 4. The number of fused-ring (bicyclic) bond motifs is 1. The van der Waals surface area contributed by atoms with Gasteiger partial charge >= 0.3 is 0 Å². The number of benzene rings is 3. The quantitative estimate of drug-likeness (QED) is 0.548. The van der Waals surface area contributed by atoms with Crippen molar-refractivity contribution in [2.24, 2.45) is 0 Å². The van der Waals surface area contributed by atoms with E-state index in [2.05, 4.69) is 12.1 Å². The van der Waals surface area contributed by atoms with Gasteiger partial charge in [0.15, 0.2) is 5.78 Å². The number of ether oxygens (including phenoxy) is 1. The van der Waals surface area contributed by atoms with E-state index in [0.29, 0.717) is 13.0 Å². The van der Waals surface area contributed by atoms with E-state index in [0.717, 1.165) is 51.9 Å². The van der Waals surface area contributed by atoms with Crippen LogP contribution in [-0.2, 0) is 9.59 Å². The van der Waals surface area contributed by atoms with Crippen molar-refractivity contribution in [3.05, 3.63) is 83.6 Å². The van der Waals surface area contributed by atoms with Gasteiger partial charge in [-0.25, -0.2) is 0 Å². The first kappa shape index (κ1) is 19.6. The molecule has 3 aromatic carbocycles. The Bertz CT molecular complexity index is 1200. The second-order valence-corrected chi connectivity index (χ2v) is 8.09. The number of anilines is 1. The van der Waals surface area contributed by atoms with Crippen LogP contribution in [0.25, 0.3) is 10.8 Å². The molecule has 0 aromatic heterocycles. The number of hydrogen-bond donors (Lipinski definition) is 0. The summed E-state index contributed by atoms with van der Waals surface area (Å²) in [6.45, 7) is 2.49. The Kier molecular flexibility index (Phi) is 5.06. The van der Waals surface area contributed by atoms with E-state index in [1.165, 1.54) is 0 Å². The Morgan fingerprint density at radius 3 is 2.58 bits per heavy atom. The molecule has 0 spiro atoms. The van der Waals surface area contributed by atoms with E-state index in [9.17, 15) is 9.59 Å². The highest BCUT2D eigenvalue weighted by atomic mass is 16.5. The maximum atomic E-state index is 13.6. The maximum absolute atomic E-state index is 13.6. The number of Topliss-reactive ketones (excluding diaryl/α,β-unsaturated/α-hetero) is 1. The number of carbonyl (C=O) groups is 2. The van der Waals surface area contributed by atoms with Gasteiger partial charge in [0.1, 0.15) is 5.75 Å². The zero-order valence-electron chi connectivity index (χ0n) is 17.6. The molecule has 1 unspecified atom stereocenters. The Balaban J connectivity index is 1.70. The van der Waals surface area contributed by atoms with Gasteiger partial charge in [-0.3, -0.25) is 14.5 Å². The first-order chi connectivity index (χ1) is 15.2. The molecule has 4 heteroatoms. The second kappa shape index (κ2) is 8.03. The summed E-state index contributed by atoms with van der Waals surface area (Å²) >= 11 is 0. The molecule has 1 heterocycles. The molecule has 0 bridgehead atoms. The first-order valence-electron chi connectivity index (χ1n) is 11.0. The molecule has 1 amide bonds. The molecule has 3 aromatic rings. The van der Waals surface area contributed by atoms with Crippen molar-refractivity contribution in [1.29, 1.82) is 0 Å². The molecular formula is C27H25NO3. The van der Waals surface area contributed by atoms with E-state index in [4.69, 9.17) is 4.74 Å². The van der Waals surface area contributed by atoms with E-state index < -0.39 is 0 Å². The molecular weight excluding hydrogens is 386 g/mol. The molecule has 5 rings (SSSR count). The first-order valence-corrected chi connectivity index (χ1v) is 11.0. The predicted molar refractivity (Wildman–Crippen MR) is 122 cm³/mol. The van der Waals surface area contributed by atoms with Crippen LogP contribution in [0, 0.1) is 0 Å². The Hall–Kier alpha value is -3.40. The average Bonchev–Trinajstić information content (AvgIpc) is 2.79. The van der Waals surface area contributed by atoms with Crippen molar-refractivity contribution in [2.45, 2.75) is 38.5 Å². The lowest BCUT2D eigenvalue weighted by atomic mass is 9.76. The largest absolute Gasteiger partial charge is 0.494 e. The Labute approximate surface area is 182 Å². The number of allylic oxidation sites excluding steroid dienone is 2. The minimum atomic E-state index is -0.260. The molecule has 31 heavy (non-hydrogen) atoms. The zero-order valence-corrected chi connectivity index (χ0v) is 17.6. The van der Waals surface area contributed by atoms with Crippen LogP contribution in [0.4, 0.5) is 5.69 Å². The third-order valence-corrected chi connectivity index (χ3v) is 6.28. The molecule has 1 aliphatic heterocycles. The summed E-state index contributed by atoms with van der Waals surface area (Å²) in [4.78, 5) is 28.6. The molecule has 0 fully saturated rings. The SMILES string of the molecule is CCOc1ccccc1C1CC(=O)N(c2cccc3ccccc23)C2=C1C(=O)CCC2. The lowest BCUT2D eigenvalue weighted by Crippen LogP contribution is -2.40. The highest BCUT2D eigenvalue weighted by Crippen LogP contribution is 2.46. The number of hydrogen-bond acceptors (Lipinski definition) is 3. The van der Waals surface area contributed by atoms with Crippen molar-refractivity contribution >= 4 is 28.2 Å². The van der Waals surface area contributed by atoms with Gasteiger partial charge in [0, 0.05) is 41.0 Å². The van der Waals surface area contributed by atoms with Crippen LogP contribution < -0.4 is 9.64 Å². The summed E-state index contributed by atoms with van der Waals surface area (Å²) in [5.41, 5.74) is 3.44. The van der Waals surface area contributed by atoms with E-state index in [1.54, 1.807) is 0 Å². The molecule has 0 saturated heterocycles. The van der Waals surface area contributed by atoms with Crippen LogP contribution in [0.5, 0.6) is 5.75 Å². The molecule has 1 aliphatic carbocycles. The van der Waals surface area contributed by atoms with Crippen LogP contribution >= 0.6 is 0 Å². The molecule has 2 aliphatic rings. The minimum absolute atomic E-state index is 0.0288. The fraction of sp³-hybridized carbons (Fsp3) is 0.259. The minimum Gasteiger partial charge on any atom is -0.494 e. The standard InChI is InChI=1S/C27H25NO3/c1-2-31-25-16-6-5-12-20(25)21-17-26(30)28(23-14-8-15-24(29)27(21)23)22-13-7-10-18-9-3-4-11-19(18)22/h3-7,9-13,16,21H,2,8,14-15,17H2,1H3. The Morgan fingerprint density at radius 1 is 0.935 bits per heavy atom. The van der Waals surface area contributed by atoms with Crippen LogP contribution in [-0.4, -0.2) is 18.3 Å². The van der Waals surface area contributed by atoms with Gasteiger partial charge in [-0.05, 0) is 37.3 Å². The molecule has 0 radical (unpaired) electrons. The summed E-state index contributed by atoms with van der Waals surface area (Å²) in [5, 5.41) is 2.11. The number of ketones is 1. The van der Waals surface area contributed by atoms with Gasteiger partial charge in [0.25, 0.3) is 0 Å². The number of carbonyl (C=O) groups excluding carboxylic acids is 2. The van der Waals surface area contributed by atoms with E-state index in [1.807, 2.05) is 66.4 Å². The van der Waals surface area contributed by atoms with Crippen molar-refractivity contribution < 1.29 is 14.3 Å².